The Labute approximate surface area is 417 Å². The van der Waals surface area contributed by atoms with Crippen molar-refractivity contribution in [2.45, 2.75) is 38.3 Å². The van der Waals surface area contributed by atoms with Gasteiger partial charge in [-0.2, -0.15) is 10.5 Å². The molecule has 3 unspecified atom stereocenters. The Kier molecular flexibility index (Phi) is 9.57. The number of hydrogen-bond donors (Lipinski definition) is 0. The Balaban J connectivity index is 1.29. The maximum atomic E-state index is 10.4. The number of nitrogens with zero attached hydrogens (tertiary/aromatic N) is 5. The quantitative estimate of drug-likeness (QED) is 0.167. The summed E-state index contributed by atoms with van der Waals surface area (Å²) in [5.74, 6) is 0.379. The van der Waals surface area contributed by atoms with E-state index in [-0.39, 0.29) is 6.04 Å². The topological polar surface area (TPSA) is 62.4 Å². The van der Waals surface area contributed by atoms with E-state index in [9.17, 15) is 10.5 Å². The summed E-state index contributed by atoms with van der Waals surface area (Å²) in [5.41, 5.74) is 16.4. The lowest BCUT2D eigenvalue weighted by atomic mass is 9.71. The molecule has 3 aromatic heterocycles. The van der Waals surface area contributed by atoms with E-state index in [0.29, 0.717) is 24.3 Å². The van der Waals surface area contributed by atoms with Gasteiger partial charge in [-0.1, -0.05) is 159 Å². The molecule has 340 valence electrons. The second-order valence-electron chi connectivity index (χ2n) is 19.7. The zero-order valence-electron chi connectivity index (χ0n) is 39.8. The van der Waals surface area contributed by atoms with Crippen LogP contribution in [0.25, 0.3) is 87.5 Å². The third-order valence-electron chi connectivity index (χ3n) is 15.8. The number of nitriles is 2. The predicted molar refractivity (Wildman–Crippen MR) is 297 cm³/mol. The van der Waals surface area contributed by atoms with E-state index in [1.54, 1.807) is 0 Å². The molecule has 0 amide bonds. The Morgan fingerprint density at radius 2 is 1.01 bits per heavy atom. The average Bonchev–Trinajstić information content (AvgIpc) is 4.07. The number of aromatic nitrogens is 3. The smallest absolute Gasteiger partial charge is 0.100 e. The first-order valence-corrected chi connectivity index (χ1v) is 25.1. The summed E-state index contributed by atoms with van der Waals surface area (Å²) in [6, 6.07) is 70.8. The van der Waals surface area contributed by atoms with E-state index >= 15 is 0 Å². The molecule has 0 bridgehead atoms. The van der Waals surface area contributed by atoms with Crippen molar-refractivity contribution < 1.29 is 0 Å². The van der Waals surface area contributed by atoms with Crippen molar-refractivity contribution in [2.75, 3.05) is 0 Å². The van der Waals surface area contributed by atoms with Gasteiger partial charge < -0.3 is 13.7 Å². The molecule has 3 aliphatic carbocycles. The number of rotatable bonds is 6. The van der Waals surface area contributed by atoms with Gasteiger partial charge in [0.15, 0.2) is 0 Å². The Hall–Kier alpha value is -9.16. The van der Waals surface area contributed by atoms with Gasteiger partial charge in [0, 0.05) is 60.0 Å². The molecule has 11 aromatic rings. The van der Waals surface area contributed by atoms with Crippen molar-refractivity contribution in [1.82, 2.24) is 13.7 Å². The third-order valence-corrected chi connectivity index (χ3v) is 15.8. The first kappa shape index (κ1) is 41.8. The fraction of sp³-hybridized carbons (Fsp3) is 0.104. The molecular weight excluding hydrogens is 875 g/mol. The largest absolute Gasteiger partial charge is 0.330 e. The van der Waals surface area contributed by atoms with Gasteiger partial charge >= 0.3 is 0 Å². The van der Waals surface area contributed by atoms with Crippen molar-refractivity contribution in [3.8, 4) is 12.1 Å². The zero-order chi connectivity index (χ0) is 48.0. The maximum absolute atomic E-state index is 10.4. The Bertz CT molecular complexity index is 4300. The molecule has 0 saturated heterocycles. The minimum atomic E-state index is -0.411. The highest BCUT2D eigenvalue weighted by atomic mass is 15.2. The molecule has 5 heteroatoms. The summed E-state index contributed by atoms with van der Waals surface area (Å²) < 4.78 is 7.97. The highest BCUT2D eigenvalue weighted by Gasteiger charge is 2.45. The molecule has 0 aliphatic heterocycles. The molecule has 5 nitrogen and oxygen atoms in total. The normalized spacial score (nSPS) is 18.4. The molecular formula is C67H47N5. The summed E-state index contributed by atoms with van der Waals surface area (Å²) in [7, 11) is 0. The van der Waals surface area contributed by atoms with Crippen molar-refractivity contribution in [1.29, 1.82) is 10.5 Å². The van der Waals surface area contributed by atoms with E-state index in [4.69, 9.17) is 0 Å². The standard InChI is InChI=1S/C67H47N5/c1-42-26-32-45(33-27-42)62-63(46-34-28-43(40-68)29-35-46)65(70-56-21-9-4-16-50(56)51-17-5-10-22-57(51)70)67(72-60-25-13-8-20-54(60)55-38-48-14-2-3-15-49(48)39-61(55)72)66(64(62)47-36-30-44(41-69)31-37-47)71-58-23-11-6-18-52(58)53-19-7-12-24-59(53)71/h2-26,28-30,32-36,38-39,42,66-67H,27,31,37H2,1H3. The predicted octanol–water partition coefficient (Wildman–Crippen LogP) is 16.9. The number of fused-ring (bicyclic) bond motifs is 10. The number of para-hydroxylation sites is 5. The Morgan fingerprint density at radius 3 is 1.56 bits per heavy atom. The molecule has 14 rings (SSSR count). The van der Waals surface area contributed by atoms with Crippen LogP contribution in [0.2, 0.25) is 0 Å². The van der Waals surface area contributed by atoms with Gasteiger partial charge in [0.2, 0.25) is 0 Å². The summed E-state index contributed by atoms with van der Waals surface area (Å²) in [6.07, 6.45) is 13.8. The fourth-order valence-electron chi connectivity index (χ4n) is 12.6. The monoisotopic (exact) mass is 921 g/mol. The highest BCUT2D eigenvalue weighted by Crippen LogP contribution is 2.59. The lowest BCUT2D eigenvalue weighted by Crippen LogP contribution is -2.33. The third kappa shape index (κ3) is 6.24. The van der Waals surface area contributed by atoms with E-state index in [1.165, 1.54) is 65.4 Å². The van der Waals surface area contributed by atoms with Crippen LogP contribution in [0.4, 0.5) is 0 Å². The molecule has 3 heterocycles. The molecule has 0 N–H and O–H groups in total. The van der Waals surface area contributed by atoms with Crippen LogP contribution >= 0.6 is 0 Å². The SMILES string of the molecule is CC1C=CC(C2=C(C3=CC=C(C#N)CC3)C(n3c4ccccc4c4ccccc43)C(n3c4ccccc4c4cc5ccccc5cc43)C(n3c4ccccc4c4ccccc43)=C2c2ccc(C#N)cc2)=CC1. The summed E-state index contributed by atoms with van der Waals surface area (Å²) in [5, 5.41) is 30.3. The number of benzene rings is 8. The summed E-state index contributed by atoms with van der Waals surface area (Å²) in [4.78, 5) is 0. The van der Waals surface area contributed by atoms with Gasteiger partial charge in [-0.05, 0) is 124 Å². The van der Waals surface area contributed by atoms with Crippen molar-refractivity contribution in [2.24, 2.45) is 5.92 Å². The van der Waals surface area contributed by atoms with Crippen molar-refractivity contribution >= 4 is 87.5 Å². The second-order valence-corrected chi connectivity index (χ2v) is 19.7. The summed E-state index contributed by atoms with van der Waals surface area (Å²) in [6.45, 7) is 2.29. The number of hydrogen-bond acceptors (Lipinski definition) is 2. The van der Waals surface area contributed by atoms with Crippen LogP contribution in [-0.2, 0) is 0 Å². The van der Waals surface area contributed by atoms with Crippen molar-refractivity contribution in [3.05, 3.63) is 251 Å². The van der Waals surface area contributed by atoms with Gasteiger partial charge in [-0.15, -0.1) is 0 Å². The van der Waals surface area contributed by atoms with Crippen LogP contribution in [0.15, 0.2) is 240 Å². The molecule has 0 fully saturated rings. The van der Waals surface area contributed by atoms with Crippen molar-refractivity contribution in [3.63, 3.8) is 0 Å². The first-order chi connectivity index (χ1) is 35.6. The Morgan fingerprint density at radius 1 is 0.486 bits per heavy atom. The van der Waals surface area contributed by atoms with E-state index in [2.05, 4.69) is 233 Å². The van der Waals surface area contributed by atoms with Crippen LogP contribution in [0.1, 0.15) is 49.4 Å². The molecule has 72 heavy (non-hydrogen) atoms. The first-order valence-electron chi connectivity index (χ1n) is 25.1. The maximum Gasteiger partial charge on any atom is 0.100 e. The van der Waals surface area contributed by atoms with E-state index in [1.807, 2.05) is 12.1 Å². The van der Waals surface area contributed by atoms with Crippen LogP contribution in [0.3, 0.4) is 0 Å². The van der Waals surface area contributed by atoms with Gasteiger partial charge in [-0.25, -0.2) is 0 Å². The van der Waals surface area contributed by atoms with Crippen LogP contribution in [-0.4, -0.2) is 13.7 Å². The molecule has 3 aliphatic rings. The molecule has 0 radical (unpaired) electrons. The molecule has 3 atom stereocenters. The fourth-order valence-corrected chi connectivity index (χ4v) is 12.6. The van der Waals surface area contributed by atoms with Gasteiger partial charge in [0.25, 0.3) is 0 Å². The summed E-state index contributed by atoms with van der Waals surface area (Å²) >= 11 is 0. The molecule has 0 saturated carbocycles. The lowest BCUT2D eigenvalue weighted by Gasteiger charge is -2.44. The van der Waals surface area contributed by atoms with Crippen LogP contribution in [0.5, 0.6) is 0 Å². The van der Waals surface area contributed by atoms with Crippen LogP contribution < -0.4 is 0 Å². The van der Waals surface area contributed by atoms with Crippen LogP contribution in [0, 0.1) is 28.6 Å². The minimum Gasteiger partial charge on any atom is -0.330 e. The van der Waals surface area contributed by atoms with Gasteiger partial charge in [0.05, 0.1) is 46.0 Å². The molecule has 8 aromatic carbocycles. The second kappa shape index (κ2) is 16.5. The average molecular weight is 922 g/mol. The minimum absolute atomic E-state index is 0.357. The number of allylic oxidation sites excluding steroid dienone is 12. The lowest BCUT2D eigenvalue weighted by molar-refractivity contribution is 0.459. The van der Waals surface area contributed by atoms with E-state index in [0.717, 1.165) is 61.9 Å². The highest BCUT2D eigenvalue weighted by molar-refractivity contribution is 6.17. The van der Waals surface area contributed by atoms with E-state index < -0.39 is 6.04 Å². The molecule has 0 spiro atoms. The zero-order valence-corrected chi connectivity index (χ0v) is 39.8. The van der Waals surface area contributed by atoms with Gasteiger partial charge in [0.1, 0.15) is 6.04 Å². The van der Waals surface area contributed by atoms with Gasteiger partial charge in [-0.3, -0.25) is 0 Å².